The lowest BCUT2D eigenvalue weighted by Crippen LogP contribution is -2.32. The van der Waals surface area contributed by atoms with Gasteiger partial charge in [-0.25, -0.2) is 0 Å². The molecule has 0 heterocycles. The Kier molecular flexibility index (Phi) is 4.07. The van der Waals surface area contributed by atoms with E-state index in [4.69, 9.17) is 4.74 Å². The van der Waals surface area contributed by atoms with Crippen molar-refractivity contribution in [3.63, 3.8) is 0 Å². The summed E-state index contributed by atoms with van der Waals surface area (Å²) in [6.07, 6.45) is 10.3. The number of ether oxygens (including phenoxy) is 1. The molecule has 0 bridgehead atoms. The van der Waals surface area contributed by atoms with Crippen LogP contribution in [0.15, 0.2) is 0 Å². The third-order valence-electron chi connectivity index (χ3n) is 4.81. The average Bonchev–Trinajstić information content (AvgIpc) is 2.29. The maximum absolute atomic E-state index is 5.30. The smallest absolute Gasteiger partial charge is 0.0490 e. The van der Waals surface area contributed by atoms with Gasteiger partial charge in [-0.2, -0.15) is 0 Å². The van der Waals surface area contributed by atoms with E-state index in [1.54, 1.807) is 0 Å². The van der Waals surface area contributed by atoms with Crippen molar-refractivity contribution in [3.05, 3.63) is 0 Å². The van der Waals surface area contributed by atoms with Crippen LogP contribution in [-0.4, -0.2) is 13.7 Å². The maximum atomic E-state index is 5.30. The minimum Gasteiger partial charge on any atom is -0.384 e. The van der Waals surface area contributed by atoms with Gasteiger partial charge in [0.1, 0.15) is 0 Å². The molecule has 2 saturated carbocycles. The minimum absolute atomic E-state index is 0.870. The molecule has 2 rings (SSSR count). The Labute approximate surface area is 94.6 Å². The van der Waals surface area contributed by atoms with E-state index in [1.165, 1.54) is 44.9 Å². The zero-order valence-corrected chi connectivity index (χ0v) is 10.4. The molecule has 0 spiro atoms. The maximum Gasteiger partial charge on any atom is 0.0490 e. The van der Waals surface area contributed by atoms with Crippen molar-refractivity contribution in [3.8, 4) is 0 Å². The molecule has 2 aliphatic carbocycles. The Bertz CT molecular complexity index is 190. The van der Waals surface area contributed by atoms with Crippen molar-refractivity contribution >= 4 is 0 Å². The van der Waals surface area contributed by atoms with Gasteiger partial charge < -0.3 is 4.74 Å². The van der Waals surface area contributed by atoms with E-state index >= 15 is 0 Å². The molecule has 0 saturated heterocycles. The van der Waals surface area contributed by atoms with E-state index in [2.05, 4.69) is 6.92 Å². The van der Waals surface area contributed by atoms with Gasteiger partial charge in [-0.05, 0) is 55.8 Å². The predicted molar refractivity (Wildman–Crippen MR) is 63.8 cm³/mol. The summed E-state index contributed by atoms with van der Waals surface area (Å²) in [7, 11) is 1.85. The lowest BCUT2D eigenvalue weighted by atomic mass is 9.64. The monoisotopic (exact) mass is 210 g/mol. The molecule has 0 aromatic heterocycles. The number of rotatable bonds is 3. The number of fused-ring (bicyclic) bond motifs is 1. The van der Waals surface area contributed by atoms with Crippen LogP contribution < -0.4 is 0 Å². The summed E-state index contributed by atoms with van der Waals surface area (Å²) in [5.41, 5.74) is 0. The molecular weight excluding hydrogens is 184 g/mol. The predicted octanol–water partition coefficient (Wildman–Crippen LogP) is 3.88. The molecule has 0 aromatic rings. The van der Waals surface area contributed by atoms with Gasteiger partial charge in [0, 0.05) is 13.7 Å². The van der Waals surface area contributed by atoms with Gasteiger partial charge in [-0.3, -0.25) is 0 Å². The normalized spacial score (nSPS) is 41.2. The van der Waals surface area contributed by atoms with Crippen molar-refractivity contribution in [1.29, 1.82) is 0 Å². The third kappa shape index (κ3) is 2.75. The van der Waals surface area contributed by atoms with E-state index in [0.29, 0.717) is 0 Å². The zero-order valence-electron chi connectivity index (χ0n) is 10.4. The molecule has 2 fully saturated rings. The molecular formula is C14H26O. The highest BCUT2D eigenvalue weighted by atomic mass is 16.5. The second-order valence-corrected chi connectivity index (χ2v) is 5.74. The fourth-order valence-corrected chi connectivity index (χ4v) is 3.84. The van der Waals surface area contributed by atoms with Gasteiger partial charge in [0.25, 0.3) is 0 Å². The van der Waals surface area contributed by atoms with Crippen LogP contribution in [0.1, 0.15) is 51.9 Å². The van der Waals surface area contributed by atoms with Crippen LogP contribution >= 0.6 is 0 Å². The SMILES string of the molecule is CCC1CCC2CC(COC)CCC2C1. The molecule has 2 aliphatic rings. The number of hydrogen-bond donors (Lipinski definition) is 0. The van der Waals surface area contributed by atoms with Crippen molar-refractivity contribution in [2.45, 2.75) is 51.9 Å². The van der Waals surface area contributed by atoms with E-state index in [9.17, 15) is 0 Å². The summed E-state index contributed by atoms with van der Waals surface area (Å²) in [5.74, 6) is 4.03. The summed E-state index contributed by atoms with van der Waals surface area (Å²) >= 11 is 0. The van der Waals surface area contributed by atoms with Gasteiger partial charge in [-0.1, -0.05) is 19.8 Å². The van der Waals surface area contributed by atoms with E-state index in [1.807, 2.05) is 7.11 Å². The van der Waals surface area contributed by atoms with Crippen LogP contribution in [0.4, 0.5) is 0 Å². The average molecular weight is 210 g/mol. The highest BCUT2D eigenvalue weighted by molar-refractivity contribution is 4.85. The fraction of sp³-hybridized carbons (Fsp3) is 1.00. The molecule has 0 N–H and O–H groups in total. The molecule has 0 amide bonds. The van der Waals surface area contributed by atoms with Crippen molar-refractivity contribution in [2.24, 2.45) is 23.7 Å². The summed E-state index contributed by atoms with van der Waals surface area (Å²) in [6, 6.07) is 0. The largest absolute Gasteiger partial charge is 0.384 e. The van der Waals surface area contributed by atoms with Crippen LogP contribution in [0.5, 0.6) is 0 Å². The summed E-state index contributed by atoms with van der Waals surface area (Å²) in [4.78, 5) is 0. The molecule has 1 heteroatoms. The molecule has 0 radical (unpaired) electrons. The van der Waals surface area contributed by atoms with Crippen LogP contribution in [-0.2, 0) is 4.74 Å². The van der Waals surface area contributed by atoms with Crippen molar-refractivity contribution < 1.29 is 4.74 Å². The first-order valence-corrected chi connectivity index (χ1v) is 6.82. The standard InChI is InChI=1S/C14H26O/c1-3-11-4-6-14-9-12(10-15-2)5-7-13(14)8-11/h11-14H,3-10H2,1-2H3. The summed E-state index contributed by atoms with van der Waals surface area (Å²) in [6.45, 7) is 3.36. The first kappa shape index (κ1) is 11.4. The topological polar surface area (TPSA) is 9.23 Å². The first-order chi connectivity index (χ1) is 7.33. The van der Waals surface area contributed by atoms with Crippen molar-refractivity contribution in [1.82, 2.24) is 0 Å². The van der Waals surface area contributed by atoms with E-state index < -0.39 is 0 Å². The lowest BCUT2D eigenvalue weighted by Gasteiger charge is -2.42. The van der Waals surface area contributed by atoms with Crippen LogP contribution in [0.2, 0.25) is 0 Å². The highest BCUT2D eigenvalue weighted by Gasteiger charge is 2.34. The first-order valence-electron chi connectivity index (χ1n) is 6.82. The van der Waals surface area contributed by atoms with Gasteiger partial charge >= 0.3 is 0 Å². The Morgan fingerprint density at radius 1 is 0.933 bits per heavy atom. The molecule has 15 heavy (non-hydrogen) atoms. The van der Waals surface area contributed by atoms with Crippen molar-refractivity contribution in [2.75, 3.05) is 13.7 Å². The Balaban J connectivity index is 1.83. The Morgan fingerprint density at radius 2 is 1.53 bits per heavy atom. The number of methoxy groups -OCH3 is 1. The number of hydrogen-bond acceptors (Lipinski definition) is 1. The van der Waals surface area contributed by atoms with Crippen LogP contribution in [0.3, 0.4) is 0 Å². The molecule has 4 unspecified atom stereocenters. The highest BCUT2D eigenvalue weighted by Crippen LogP contribution is 2.45. The van der Waals surface area contributed by atoms with Gasteiger partial charge in [0.2, 0.25) is 0 Å². The second-order valence-electron chi connectivity index (χ2n) is 5.74. The lowest BCUT2D eigenvalue weighted by molar-refractivity contribution is 0.0558. The molecule has 88 valence electrons. The Hall–Kier alpha value is -0.0400. The molecule has 0 aromatic carbocycles. The minimum atomic E-state index is 0.870. The van der Waals surface area contributed by atoms with Gasteiger partial charge in [-0.15, -0.1) is 0 Å². The fourth-order valence-electron chi connectivity index (χ4n) is 3.84. The summed E-state index contributed by atoms with van der Waals surface area (Å²) in [5, 5.41) is 0. The molecule has 1 nitrogen and oxygen atoms in total. The van der Waals surface area contributed by atoms with Gasteiger partial charge in [0.05, 0.1) is 0 Å². The second kappa shape index (κ2) is 5.34. The third-order valence-corrected chi connectivity index (χ3v) is 4.81. The summed E-state index contributed by atoms with van der Waals surface area (Å²) < 4.78 is 5.30. The Morgan fingerprint density at radius 3 is 2.13 bits per heavy atom. The van der Waals surface area contributed by atoms with Gasteiger partial charge in [0.15, 0.2) is 0 Å². The molecule has 0 aliphatic heterocycles. The van der Waals surface area contributed by atoms with Crippen LogP contribution in [0, 0.1) is 23.7 Å². The molecule has 4 atom stereocenters. The zero-order chi connectivity index (χ0) is 10.7. The van der Waals surface area contributed by atoms with Crippen LogP contribution in [0.25, 0.3) is 0 Å². The van der Waals surface area contributed by atoms with E-state index in [-0.39, 0.29) is 0 Å². The van der Waals surface area contributed by atoms with E-state index in [0.717, 1.165) is 30.3 Å². The quantitative estimate of drug-likeness (QED) is 0.687.